The van der Waals surface area contributed by atoms with E-state index in [4.69, 9.17) is 14.2 Å². The van der Waals surface area contributed by atoms with Crippen molar-refractivity contribution in [2.75, 3.05) is 46.5 Å². The molecule has 1 aromatic rings. The summed E-state index contributed by atoms with van der Waals surface area (Å²) in [6.45, 7) is 4.14. The third-order valence-corrected chi connectivity index (χ3v) is 5.29. The van der Waals surface area contributed by atoms with Gasteiger partial charge in [0.2, 0.25) is 0 Å². The van der Waals surface area contributed by atoms with Crippen LogP contribution in [0.1, 0.15) is 32.1 Å². The number of hydrogen-bond acceptors (Lipinski definition) is 4. The minimum absolute atomic E-state index is 0. The molecule has 2 aliphatic rings. The van der Waals surface area contributed by atoms with Crippen LogP contribution in [0.15, 0.2) is 23.2 Å². The highest BCUT2D eigenvalue weighted by molar-refractivity contribution is 14.0. The van der Waals surface area contributed by atoms with Crippen LogP contribution in [0.4, 0.5) is 8.78 Å². The van der Waals surface area contributed by atoms with Crippen molar-refractivity contribution in [1.82, 2.24) is 10.2 Å². The first-order valence-corrected chi connectivity index (χ1v) is 10.4. The molecule has 2 saturated heterocycles. The predicted octanol–water partition coefficient (Wildman–Crippen LogP) is 3.59. The van der Waals surface area contributed by atoms with Crippen molar-refractivity contribution in [3.8, 4) is 5.75 Å². The Labute approximate surface area is 194 Å². The van der Waals surface area contributed by atoms with Gasteiger partial charge in [0.25, 0.3) is 0 Å². The highest BCUT2D eigenvalue weighted by Gasteiger charge is 2.23. The van der Waals surface area contributed by atoms with Crippen molar-refractivity contribution in [3.63, 3.8) is 0 Å². The lowest BCUT2D eigenvalue weighted by molar-refractivity contribution is -0.0721. The third kappa shape index (κ3) is 7.81. The number of halogens is 3. The Bertz CT molecular complexity index is 667. The molecule has 1 aromatic carbocycles. The number of rotatable bonds is 7. The van der Waals surface area contributed by atoms with Gasteiger partial charge in [-0.3, -0.25) is 4.99 Å². The fraction of sp³-hybridized carbons (Fsp3) is 0.667. The smallest absolute Gasteiger partial charge is 0.193 e. The van der Waals surface area contributed by atoms with Crippen molar-refractivity contribution >= 4 is 29.9 Å². The Hall–Kier alpha value is -1.20. The van der Waals surface area contributed by atoms with Gasteiger partial charge in [0.05, 0.1) is 25.4 Å². The number of piperidine rings is 1. The molecule has 0 aromatic heterocycles. The summed E-state index contributed by atoms with van der Waals surface area (Å²) in [5.41, 5.74) is 0. The van der Waals surface area contributed by atoms with Crippen molar-refractivity contribution in [3.05, 3.63) is 29.8 Å². The van der Waals surface area contributed by atoms with Gasteiger partial charge >= 0.3 is 0 Å². The number of nitrogens with zero attached hydrogens (tertiary/aromatic N) is 2. The molecule has 2 aliphatic heterocycles. The first-order valence-electron chi connectivity index (χ1n) is 10.4. The summed E-state index contributed by atoms with van der Waals surface area (Å²) in [4.78, 5) is 6.53. The molecule has 9 heteroatoms. The van der Waals surface area contributed by atoms with E-state index in [0.29, 0.717) is 25.5 Å². The molecule has 6 nitrogen and oxygen atoms in total. The molecule has 1 unspecified atom stereocenters. The second-order valence-electron chi connectivity index (χ2n) is 7.41. The molecule has 2 fully saturated rings. The zero-order valence-corrected chi connectivity index (χ0v) is 19.8. The van der Waals surface area contributed by atoms with Gasteiger partial charge in [0, 0.05) is 32.8 Å². The maximum Gasteiger partial charge on any atom is 0.193 e. The Morgan fingerprint density at radius 2 is 2.00 bits per heavy atom. The average molecular weight is 539 g/mol. The molecule has 1 atom stereocenters. The van der Waals surface area contributed by atoms with E-state index < -0.39 is 11.6 Å². The van der Waals surface area contributed by atoms with Gasteiger partial charge in [0.1, 0.15) is 12.4 Å². The van der Waals surface area contributed by atoms with Crippen molar-refractivity contribution in [1.29, 1.82) is 0 Å². The summed E-state index contributed by atoms with van der Waals surface area (Å²) in [7, 11) is 1.75. The van der Waals surface area contributed by atoms with Crippen molar-refractivity contribution in [2.24, 2.45) is 4.99 Å². The van der Waals surface area contributed by atoms with E-state index in [1.165, 1.54) is 12.5 Å². The van der Waals surface area contributed by atoms with Gasteiger partial charge < -0.3 is 24.4 Å². The zero-order chi connectivity index (χ0) is 20.5. The van der Waals surface area contributed by atoms with Crippen LogP contribution < -0.4 is 10.1 Å². The van der Waals surface area contributed by atoms with E-state index in [9.17, 15) is 8.78 Å². The maximum absolute atomic E-state index is 13.2. The van der Waals surface area contributed by atoms with Crippen LogP contribution in [0.25, 0.3) is 0 Å². The van der Waals surface area contributed by atoms with E-state index >= 15 is 0 Å². The highest BCUT2D eigenvalue weighted by Crippen LogP contribution is 2.18. The molecule has 0 amide bonds. The normalized spacial score (nSPS) is 20.6. The summed E-state index contributed by atoms with van der Waals surface area (Å²) in [5, 5.41) is 3.26. The molecule has 1 N–H and O–H groups in total. The summed E-state index contributed by atoms with van der Waals surface area (Å²) < 4.78 is 43.4. The van der Waals surface area contributed by atoms with E-state index in [1.54, 1.807) is 7.05 Å². The Kier molecular flexibility index (Phi) is 11.1. The topological polar surface area (TPSA) is 55.3 Å². The van der Waals surface area contributed by atoms with Crippen LogP contribution in [-0.2, 0) is 9.47 Å². The standard InChI is InChI=1S/C21H31F2N3O3.HI/c1-24-21(25-9-13-28-17-5-6-19(22)20(23)14-17)26-10-7-16(8-11-26)29-15-18-4-2-3-12-27-18;/h5-6,14,16,18H,2-4,7-13,15H2,1H3,(H,24,25);1H. The molecule has 3 rings (SSSR count). The number of likely N-dealkylation sites (tertiary alicyclic amines) is 1. The molecule has 2 heterocycles. The zero-order valence-electron chi connectivity index (χ0n) is 17.4. The largest absolute Gasteiger partial charge is 0.492 e. The van der Waals surface area contributed by atoms with Gasteiger partial charge in [-0.1, -0.05) is 0 Å². The molecule has 0 radical (unpaired) electrons. The highest BCUT2D eigenvalue weighted by atomic mass is 127. The predicted molar refractivity (Wildman–Crippen MR) is 123 cm³/mol. The average Bonchev–Trinajstić information content (AvgIpc) is 2.76. The molecular formula is C21H32F2IN3O3. The quantitative estimate of drug-likeness (QED) is 0.249. The van der Waals surface area contributed by atoms with E-state index in [1.807, 2.05) is 0 Å². The SMILES string of the molecule is CN=C(NCCOc1ccc(F)c(F)c1)N1CCC(OCC2CCCCO2)CC1.I. The summed E-state index contributed by atoms with van der Waals surface area (Å²) in [5.74, 6) is -0.672. The van der Waals surface area contributed by atoms with Gasteiger partial charge in [-0.05, 0) is 44.2 Å². The lowest BCUT2D eigenvalue weighted by atomic mass is 10.1. The monoisotopic (exact) mass is 539 g/mol. The van der Waals surface area contributed by atoms with Crippen LogP contribution in [0.5, 0.6) is 5.75 Å². The number of nitrogens with one attached hydrogen (secondary N) is 1. The Balaban J connectivity index is 0.00000320. The third-order valence-electron chi connectivity index (χ3n) is 5.29. The van der Waals surface area contributed by atoms with E-state index in [0.717, 1.165) is 63.5 Å². The maximum atomic E-state index is 13.2. The first-order chi connectivity index (χ1) is 14.2. The van der Waals surface area contributed by atoms with Gasteiger partial charge in [-0.15, -0.1) is 24.0 Å². The van der Waals surface area contributed by atoms with E-state index in [2.05, 4.69) is 15.2 Å². The number of guanidine groups is 1. The molecule has 0 spiro atoms. The van der Waals surface area contributed by atoms with Crippen molar-refractivity contribution in [2.45, 2.75) is 44.3 Å². The Morgan fingerprint density at radius 3 is 2.67 bits per heavy atom. The lowest BCUT2D eigenvalue weighted by Gasteiger charge is -2.35. The Morgan fingerprint density at radius 1 is 1.20 bits per heavy atom. The fourth-order valence-corrected chi connectivity index (χ4v) is 3.65. The fourth-order valence-electron chi connectivity index (χ4n) is 3.65. The van der Waals surface area contributed by atoms with Crippen LogP contribution in [0.2, 0.25) is 0 Å². The van der Waals surface area contributed by atoms with Gasteiger partial charge in [-0.2, -0.15) is 0 Å². The molecule has 30 heavy (non-hydrogen) atoms. The summed E-state index contributed by atoms with van der Waals surface area (Å²) in [6.07, 6.45) is 5.93. The molecule has 170 valence electrons. The molecule has 0 aliphatic carbocycles. The van der Waals surface area contributed by atoms with Crippen molar-refractivity contribution < 1.29 is 23.0 Å². The van der Waals surface area contributed by atoms with Gasteiger partial charge in [0.15, 0.2) is 17.6 Å². The second kappa shape index (κ2) is 13.3. The lowest BCUT2D eigenvalue weighted by Crippen LogP contribution is -2.48. The summed E-state index contributed by atoms with van der Waals surface area (Å²) >= 11 is 0. The number of aliphatic imine (C=N–C) groups is 1. The van der Waals surface area contributed by atoms with E-state index in [-0.39, 0.29) is 36.2 Å². The summed E-state index contributed by atoms with van der Waals surface area (Å²) in [6, 6.07) is 3.52. The van der Waals surface area contributed by atoms with Crippen LogP contribution in [0.3, 0.4) is 0 Å². The van der Waals surface area contributed by atoms with Crippen LogP contribution in [0, 0.1) is 11.6 Å². The molecular weight excluding hydrogens is 507 g/mol. The number of ether oxygens (including phenoxy) is 3. The number of hydrogen-bond donors (Lipinski definition) is 1. The molecule has 0 bridgehead atoms. The molecule has 0 saturated carbocycles. The van der Waals surface area contributed by atoms with Crippen LogP contribution >= 0.6 is 24.0 Å². The second-order valence-corrected chi connectivity index (χ2v) is 7.41. The first kappa shape index (κ1) is 25.1. The minimum Gasteiger partial charge on any atom is -0.492 e. The van der Waals surface area contributed by atoms with Crippen LogP contribution in [-0.4, -0.2) is 69.6 Å². The van der Waals surface area contributed by atoms with Gasteiger partial charge in [-0.25, -0.2) is 8.78 Å². The number of benzene rings is 1. The minimum atomic E-state index is -0.911.